The highest BCUT2D eigenvalue weighted by molar-refractivity contribution is 6.14. The minimum atomic E-state index is -0.968. The Balaban J connectivity index is 2.93. The highest BCUT2D eigenvalue weighted by Gasteiger charge is 2.00. The Hall–Kier alpha value is -1.42. The molecule has 0 fully saturated rings. The molecule has 0 bridgehead atoms. The Kier molecular flexibility index (Phi) is 2.76. The van der Waals surface area contributed by atoms with E-state index in [4.69, 9.17) is 16.9 Å². The number of rotatable bonds is 2. The largest absolute Gasteiger partial charge is 0.478 e. The maximum absolute atomic E-state index is 10.4. The van der Waals surface area contributed by atoms with Gasteiger partial charge in [-0.15, -0.1) is 5.11 Å². The van der Waals surface area contributed by atoms with Crippen LogP contribution in [0.2, 0.25) is 0 Å². The van der Waals surface area contributed by atoms with Gasteiger partial charge in [0.05, 0.1) is 23.0 Å². The molecule has 0 aliphatic heterocycles. The first kappa shape index (κ1) is 8.67. The van der Waals surface area contributed by atoms with E-state index in [2.05, 4.69) is 9.75 Å². The van der Waals surface area contributed by atoms with Crippen LogP contribution in [0.25, 0.3) is 0 Å². The molecule has 0 aliphatic rings. The molecule has 0 spiro atoms. The van der Waals surface area contributed by atoms with Crippen LogP contribution in [0.15, 0.2) is 34.0 Å². The van der Waals surface area contributed by atoms with Gasteiger partial charge in [0.1, 0.15) is 0 Å². The van der Waals surface area contributed by atoms with Crippen molar-refractivity contribution in [3.63, 3.8) is 0 Å². The molecule has 0 atom stereocenters. The highest BCUT2D eigenvalue weighted by atomic mass is 35.5. The molecule has 0 aromatic heterocycles. The van der Waals surface area contributed by atoms with Crippen molar-refractivity contribution < 1.29 is 9.90 Å². The normalized spacial score (nSPS) is 10.4. The molecule has 0 aliphatic carbocycles. The lowest BCUT2D eigenvalue weighted by Gasteiger charge is -1.92. The minimum absolute atomic E-state index is 0.212. The van der Waals surface area contributed by atoms with Gasteiger partial charge in [0.25, 0.3) is 0 Å². The van der Waals surface area contributed by atoms with Crippen LogP contribution in [-0.4, -0.2) is 11.1 Å². The Morgan fingerprint density at radius 2 is 1.92 bits per heavy atom. The lowest BCUT2D eigenvalue weighted by atomic mass is 10.2. The summed E-state index contributed by atoms with van der Waals surface area (Å²) in [4.78, 5) is 10.4. The van der Waals surface area contributed by atoms with Crippen molar-refractivity contribution in [1.82, 2.24) is 0 Å². The van der Waals surface area contributed by atoms with Gasteiger partial charge in [-0.25, -0.2) is 4.79 Å². The maximum Gasteiger partial charge on any atom is 0.335 e. The molecule has 1 N–H and O–H groups in total. The third-order valence-corrected chi connectivity index (χ3v) is 1.34. The van der Waals surface area contributed by atoms with Gasteiger partial charge in [-0.05, 0) is 24.3 Å². The molecule has 1 rings (SSSR count). The van der Waals surface area contributed by atoms with E-state index in [1.165, 1.54) is 24.3 Å². The van der Waals surface area contributed by atoms with Crippen molar-refractivity contribution >= 4 is 23.4 Å². The van der Waals surface area contributed by atoms with Crippen LogP contribution in [0, 0.1) is 0 Å². The first-order valence-electron chi connectivity index (χ1n) is 3.09. The number of carbonyl (C=O) groups is 1. The van der Waals surface area contributed by atoms with Gasteiger partial charge in [0, 0.05) is 0 Å². The fraction of sp³-hybridized carbons (Fsp3) is 0. The molecule has 0 heterocycles. The van der Waals surface area contributed by atoms with E-state index in [0.717, 1.165) is 0 Å². The Morgan fingerprint density at radius 3 is 2.33 bits per heavy atom. The van der Waals surface area contributed by atoms with Crippen LogP contribution >= 0.6 is 11.8 Å². The van der Waals surface area contributed by atoms with Crippen molar-refractivity contribution in [1.29, 1.82) is 0 Å². The Bertz CT molecular complexity index is 308. The topological polar surface area (TPSA) is 62.0 Å². The van der Waals surface area contributed by atoms with Crippen LogP contribution in [0.3, 0.4) is 0 Å². The molecule has 1 aromatic rings. The third kappa shape index (κ3) is 2.03. The average Bonchev–Trinajstić information content (AvgIpc) is 2.06. The molecule has 62 valence electrons. The number of carboxylic acids is 1. The number of hydrogen-bond acceptors (Lipinski definition) is 3. The van der Waals surface area contributed by atoms with E-state index < -0.39 is 5.97 Å². The van der Waals surface area contributed by atoms with Crippen LogP contribution in [-0.2, 0) is 0 Å². The zero-order valence-electron chi connectivity index (χ0n) is 5.94. The number of carboxylic acid groups (broad SMARTS) is 1. The van der Waals surface area contributed by atoms with E-state index in [9.17, 15) is 4.79 Å². The summed E-state index contributed by atoms with van der Waals surface area (Å²) in [7, 11) is 0. The van der Waals surface area contributed by atoms with Gasteiger partial charge < -0.3 is 5.11 Å². The highest BCUT2D eigenvalue weighted by Crippen LogP contribution is 2.13. The molecule has 0 radical (unpaired) electrons. The third-order valence-electron chi connectivity index (χ3n) is 1.27. The van der Waals surface area contributed by atoms with Gasteiger partial charge >= 0.3 is 5.97 Å². The smallest absolute Gasteiger partial charge is 0.335 e. The molecule has 0 saturated heterocycles. The lowest BCUT2D eigenvalue weighted by molar-refractivity contribution is 0.0697. The first-order chi connectivity index (χ1) is 5.74. The summed E-state index contributed by atoms with van der Waals surface area (Å²) in [5, 5.41) is 12.0. The average molecular weight is 185 g/mol. The number of aromatic carboxylic acids is 1. The van der Waals surface area contributed by atoms with Crippen LogP contribution < -0.4 is 0 Å². The van der Waals surface area contributed by atoms with Crippen LogP contribution in [0.4, 0.5) is 5.69 Å². The van der Waals surface area contributed by atoms with Gasteiger partial charge in [0.2, 0.25) is 0 Å². The predicted molar refractivity (Wildman–Crippen MR) is 43.8 cm³/mol. The zero-order chi connectivity index (χ0) is 8.97. The van der Waals surface area contributed by atoms with Crippen molar-refractivity contribution in [2.24, 2.45) is 9.75 Å². The molecule has 0 saturated carbocycles. The molecule has 0 amide bonds. The van der Waals surface area contributed by atoms with Gasteiger partial charge in [-0.3, -0.25) is 0 Å². The molecule has 0 unspecified atom stereocenters. The van der Waals surface area contributed by atoms with Crippen molar-refractivity contribution in [3.05, 3.63) is 29.8 Å². The van der Waals surface area contributed by atoms with E-state index in [1.54, 1.807) is 0 Å². The standard InChI is InChI=1S/C7H5ClN2O2/c8-10-9-6-3-1-5(2-4-6)7(11)12/h1-4H,(H,11,12). The summed E-state index contributed by atoms with van der Waals surface area (Å²) in [6, 6.07) is 5.91. The Labute approximate surface area is 73.6 Å². The van der Waals surface area contributed by atoms with Crippen molar-refractivity contribution in [2.45, 2.75) is 0 Å². The summed E-state index contributed by atoms with van der Waals surface area (Å²) >= 11 is 4.98. The van der Waals surface area contributed by atoms with E-state index in [0.29, 0.717) is 5.69 Å². The monoisotopic (exact) mass is 184 g/mol. The van der Waals surface area contributed by atoms with Crippen molar-refractivity contribution in [3.8, 4) is 0 Å². The lowest BCUT2D eigenvalue weighted by Crippen LogP contribution is -1.93. The van der Waals surface area contributed by atoms with E-state index in [-0.39, 0.29) is 5.56 Å². The fourth-order valence-corrected chi connectivity index (χ4v) is 0.802. The Morgan fingerprint density at radius 1 is 1.33 bits per heavy atom. The maximum atomic E-state index is 10.4. The molecule has 5 heteroatoms. The SMILES string of the molecule is O=C(O)c1ccc(N=NCl)cc1. The summed E-state index contributed by atoms with van der Waals surface area (Å²) in [6.45, 7) is 0. The van der Waals surface area contributed by atoms with E-state index in [1.807, 2.05) is 0 Å². The molecular weight excluding hydrogens is 180 g/mol. The zero-order valence-corrected chi connectivity index (χ0v) is 6.69. The predicted octanol–water partition coefficient (Wildman–Crippen LogP) is 2.62. The second-order valence-corrected chi connectivity index (χ2v) is 2.18. The number of nitrogens with zero attached hydrogens (tertiary/aromatic N) is 2. The van der Waals surface area contributed by atoms with Gasteiger partial charge in [0.15, 0.2) is 0 Å². The van der Waals surface area contributed by atoms with Gasteiger partial charge in [-0.2, -0.15) is 0 Å². The fourth-order valence-electron chi connectivity index (χ4n) is 0.714. The van der Waals surface area contributed by atoms with Crippen LogP contribution in [0.1, 0.15) is 10.4 Å². The summed E-state index contributed by atoms with van der Waals surface area (Å²) in [6.07, 6.45) is 0. The van der Waals surface area contributed by atoms with E-state index >= 15 is 0 Å². The summed E-state index contributed by atoms with van der Waals surface area (Å²) < 4.78 is 3.03. The molecular formula is C7H5ClN2O2. The summed E-state index contributed by atoms with van der Waals surface area (Å²) in [5.74, 6) is -0.968. The number of hydrogen-bond donors (Lipinski definition) is 1. The molecule has 12 heavy (non-hydrogen) atoms. The number of benzene rings is 1. The van der Waals surface area contributed by atoms with Crippen LogP contribution in [0.5, 0.6) is 0 Å². The first-order valence-corrected chi connectivity index (χ1v) is 3.43. The second kappa shape index (κ2) is 3.82. The number of halogens is 1. The second-order valence-electron chi connectivity index (χ2n) is 2.03. The van der Waals surface area contributed by atoms with Gasteiger partial charge in [-0.1, -0.05) is 4.63 Å². The quantitative estimate of drug-likeness (QED) is 0.719. The summed E-state index contributed by atoms with van der Waals surface area (Å²) in [5.41, 5.74) is 0.735. The molecule has 4 nitrogen and oxygen atoms in total. The minimum Gasteiger partial charge on any atom is -0.478 e. The molecule has 1 aromatic carbocycles. The van der Waals surface area contributed by atoms with Crippen molar-refractivity contribution in [2.75, 3.05) is 0 Å².